The molecule has 1 aromatic carbocycles. The third kappa shape index (κ3) is 2.13. The molecule has 0 atom stereocenters. The molecule has 0 bridgehead atoms. The summed E-state index contributed by atoms with van der Waals surface area (Å²) >= 11 is 0. The van der Waals surface area contributed by atoms with Crippen molar-refractivity contribution in [3.8, 4) is 11.4 Å². The Morgan fingerprint density at radius 2 is 2.24 bits per heavy atom. The molecular formula is C12H12N2O3. The van der Waals surface area contributed by atoms with E-state index in [0.29, 0.717) is 11.4 Å². The van der Waals surface area contributed by atoms with E-state index in [0.717, 1.165) is 5.56 Å². The molecule has 0 aliphatic carbocycles. The van der Waals surface area contributed by atoms with Gasteiger partial charge in [-0.2, -0.15) is 5.10 Å². The zero-order valence-corrected chi connectivity index (χ0v) is 9.54. The van der Waals surface area contributed by atoms with Crippen LogP contribution in [-0.4, -0.2) is 28.0 Å². The van der Waals surface area contributed by atoms with Crippen molar-refractivity contribution < 1.29 is 14.6 Å². The first-order valence-corrected chi connectivity index (χ1v) is 5.05. The summed E-state index contributed by atoms with van der Waals surface area (Å²) in [7, 11) is 1.50. The van der Waals surface area contributed by atoms with Gasteiger partial charge in [-0.3, -0.25) is 0 Å². The van der Waals surface area contributed by atoms with Crippen molar-refractivity contribution in [2.24, 2.45) is 0 Å². The highest BCUT2D eigenvalue weighted by molar-refractivity contribution is 5.92. The highest BCUT2D eigenvalue weighted by atomic mass is 16.5. The Morgan fingerprint density at radius 3 is 2.76 bits per heavy atom. The first kappa shape index (κ1) is 11.2. The molecule has 5 heteroatoms. The molecule has 0 saturated heterocycles. The molecule has 5 nitrogen and oxygen atoms in total. The van der Waals surface area contributed by atoms with Crippen LogP contribution in [-0.2, 0) is 0 Å². The topological polar surface area (TPSA) is 64.4 Å². The van der Waals surface area contributed by atoms with Crippen LogP contribution in [0.2, 0.25) is 0 Å². The molecule has 17 heavy (non-hydrogen) atoms. The van der Waals surface area contributed by atoms with Crippen molar-refractivity contribution in [1.82, 2.24) is 9.78 Å². The summed E-state index contributed by atoms with van der Waals surface area (Å²) in [5, 5.41) is 13.3. The van der Waals surface area contributed by atoms with Gasteiger partial charge in [-0.15, -0.1) is 0 Å². The summed E-state index contributed by atoms with van der Waals surface area (Å²) < 4.78 is 6.55. The van der Waals surface area contributed by atoms with E-state index in [1.54, 1.807) is 24.5 Å². The minimum Gasteiger partial charge on any atom is -0.497 e. The maximum absolute atomic E-state index is 11.2. The summed E-state index contributed by atoms with van der Waals surface area (Å²) in [5.41, 5.74) is 1.65. The van der Waals surface area contributed by atoms with Crippen molar-refractivity contribution in [3.05, 3.63) is 41.7 Å². The summed E-state index contributed by atoms with van der Waals surface area (Å²) in [5.74, 6) is -0.498. The number of benzene rings is 1. The molecule has 88 valence electrons. The third-order valence-electron chi connectivity index (χ3n) is 2.39. The van der Waals surface area contributed by atoms with E-state index < -0.39 is 5.97 Å². The fourth-order valence-corrected chi connectivity index (χ4v) is 1.56. The van der Waals surface area contributed by atoms with E-state index in [1.165, 1.54) is 17.9 Å². The standard InChI is InChI=1S/C12H12N2O3/c1-8-6-13-14(7-8)11-4-3-9(17-2)5-10(11)12(15)16/h3-7H,1-2H3,(H,15,16). The van der Waals surface area contributed by atoms with Gasteiger partial charge in [-0.1, -0.05) is 0 Å². The highest BCUT2D eigenvalue weighted by Gasteiger charge is 2.13. The summed E-state index contributed by atoms with van der Waals surface area (Å²) in [6.07, 6.45) is 3.45. The maximum Gasteiger partial charge on any atom is 0.338 e. The molecule has 1 heterocycles. The van der Waals surface area contributed by atoms with Crippen LogP contribution in [0.4, 0.5) is 0 Å². The van der Waals surface area contributed by atoms with Crippen molar-refractivity contribution in [1.29, 1.82) is 0 Å². The molecule has 0 aliphatic heterocycles. The smallest absolute Gasteiger partial charge is 0.338 e. The van der Waals surface area contributed by atoms with Crippen LogP contribution < -0.4 is 4.74 Å². The van der Waals surface area contributed by atoms with E-state index >= 15 is 0 Å². The molecule has 0 radical (unpaired) electrons. The minimum atomic E-state index is -1.01. The van der Waals surface area contributed by atoms with Crippen LogP contribution in [0.25, 0.3) is 5.69 Å². The van der Waals surface area contributed by atoms with Gasteiger partial charge in [0.05, 0.1) is 24.6 Å². The average molecular weight is 232 g/mol. The predicted octanol–water partition coefficient (Wildman–Crippen LogP) is 1.89. The monoisotopic (exact) mass is 232 g/mol. The maximum atomic E-state index is 11.2. The van der Waals surface area contributed by atoms with Crippen molar-refractivity contribution >= 4 is 5.97 Å². The minimum absolute atomic E-state index is 0.160. The Bertz CT molecular complexity index is 561. The van der Waals surface area contributed by atoms with Gasteiger partial charge in [0, 0.05) is 6.20 Å². The first-order chi connectivity index (χ1) is 8.11. The second-order valence-corrected chi connectivity index (χ2v) is 3.65. The number of aromatic carboxylic acids is 1. The lowest BCUT2D eigenvalue weighted by Crippen LogP contribution is -2.06. The predicted molar refractivity (Wildman–Crippen MR) is 61.8 cm³/mol. The number of hydrogen-bond acceptors (Lipinski definition) is 3. The second-order valence-electron chi connectivity index (χ2n) is 3.65. The zero-order chi connectivity index (χ0) is 12.4. The van der Waals surface area contributed by atoms with Crippen LogP contribution in [0.5, 0.6) is 5.75 Å². The number of ether oxygens (including phenoxy) is 1. The van der Waals surface area contributed by atoms with Crippen molar-refractivity contribution in [2.75, 3.05) is 7.11 Å². The van der Waals surface area contributed by atoms with E-state index in [-0.39, 0.29) is 5.56 Å². The quantitative estimate of drug-likeness (QED) is 0.877. The van der Waals surface area contributed by atoms with E-state index in [2.05, 4.69) is 5.10 Å². The zero-order valence-electron chi connectivity index (χ0n) is 9.54. The van der Waals surface area contributed by atoms with Crippen molar-refractivity contribution in [2.45, 2.75) is 6.92 Å². The molecule has 0 saturated carbocycles. The first-order valence-electron chi connectivity index (χ1n) is 5.05. The fourth-order valence-electron chi connectivity index (χ4n) is 1.56. The molecular weight excluding hydrogens is 220 g/mol. The summed E-state index contributed by atoms with van der Waals surface area (Å²) in [4.78, 5) is 11.2. The number of carboxylic acid groups (broad SMARTS) is 1. The Kier molecular flexibility index (Phi) is 2.82. The van der Waals surface area contributed by atoms with Crippen molar-refractivity contribution in [3.63, 3.8) is 0 Å². The number of rotatable bonds is 3. The number of hydrogen-bond donors (Lipinski definition) is 1. The summed E-state index contributed by atoms with van der Waals surface area (Å²) in [6.45, 7) is 1.90. The van der Waals surface area contributed by atoms with Gasteiger partial charge in [-0.25, -0.2) is 9.48 Å². The van der Waals surface area contributed by atoms with Crippen LogP contribution in [0.1, 0.15) is 15.9 Å². The molecule has 0 unspecified atom stereocenters. The molecule has 2 rings (SSSR count). The van der Waals surface area contributed by atoms with E-state index in [1.807, 2.05) is 6.92 Å². The molecule has 1 N–H and O–H groups in total. The summed E-state index contributed by atoms with van der Waals surface area (Å²) in [6, 6.07) is 4.86. The number of aromatic nitrogens is 2. The number of aryl methyl sites for hydroxylation is 1. The molecule has 0 amide bonds. The fraction of sp³-hybridized carbons (Fsp3) is 0.167. The molecule has 0 fully saturated rings. The van der Waals surface area contributed by atoms with E-state index in [4.69, 9.17) is 9.84 Å². The number of methoxy groups -OCH3 is 1. The Hall–Kier alpha value is -2.30. The molecule has 0 aliphatic rings. The highest BCUT2D eigenvalue weighted by Crippen LogP contribution is 2.21. The van der Waals surface area contributed by atoms with Gasteiger partial charge >= 0.3 is 5.97 Å². The van der Waals surface area contributed by atoms with Gasteiger partial charge in [0.1, 0.15) is 5.75 Å². The van der Waals surface area contributed by atoms with Gasteiger partial charge in [-0.05, 0) is 30.7 Å². The van der Waals surface area contributed by atoms with Gasteiger partial charge in [0.25, 0.3) is 0 Å². The third-order valence-corrected chi connectivity index (χ3v) is 2.39. The van der Waals surface area contributed by atoms with Crippen LogP contribution in [0.15, 0.2) is 30.6 Å². The Balaban J connectivity index is 2.57. The lowest BCUT2D eigenvalue weighted by molar-refractivity contribution is 0.0696. The number of nitrogens with zero attached hydrogens (tertiary/aromatic N) is 2. The van der Waals surface area contributed by atoms with Crippen LogP contribution in [0, 0.1) is 6.92 Å². The van der Waals surface area contributed by atoms with Gasteiger partial charge < -0.3 is 9.84 Å². The SMILES string of the molecule is COc1ccc(-n2cc(C)cn2)c(C(=O)O)c1. The Morgan fingerprint density at radius 1 is 1.47 bits per heavy atom. The number of carboxylic acids is 1. The van der Waals surface area contributed by atoms with Gasteiger partial charge in [0.15, 0.2) is 0 Å². The lowest BCUT2D eigenvalue weighted by Gasteiger charge is -2.08. The number of carbonyl (C=O) groups is 1. The van der Waals surface area contributed by atoms with Crippen LogP contribution >= 0.6 is 0 Å². The molecule has 0 spiro atoms. The lowest BCUT2D eigenvalue weighted by atomic mass is 10.1. The Labute approximate surface area is 98.3 Å². The van der Waals surface area contributed by atoms with Gasteiger partial charge in [0.2, 0.25) is 0 Å². The largest absolute Gasteiger partial charge is 0.497 e. The normalized spacial score (nSPS) is 10.2. The van der Waals surface area contributed by atoms with Crippen LogP contribution in [0.3, 0.4) is 0 Å². The average Bonchev–Trinajstić information content (AvgIpc) is 2.75. The molecule has 2 aromatic rings. The second kappa shape index (κ2) is 4.29. The van der Waals surface area contributed by atoms with E-state index in [9.17, 15) is 4.79 Å². The molecule has 1 aromatic heterocycles.